The van der Waals surface area contributed by atoms with Crippen LogP contribution in [0.5, 0.6) is 0 Å². The summed E-state index contributed by atoms with van der Waals surface area (Å²) in [6.07, 6.45) is 3.04. The van der Waals surface area contributed by atoms with Crippen LogP contribution in [-0.4, -0.2) is 44.6 Å². The minimum absolute atomic E-state index is 0.164. The lowest BCUT2D eigenvalue weighted by Gasteiger charge is -2.36. The van der Waals surface area contributed by atoms with Crippen molar-refractivity contribution in [1.82, 2.24) is 14.9 Å². The third-order valence-electron chi connectivity index (χ3n) is 3.63. The van der Waals surface area contributed by atoms with Crippen LogP contribution < -0.4 is 0 Å². The third kappa shape index (κ3) is 2.49. The Morgan fingerprint density at radius 1 is 1.35 bits per heavy atom. The summed E-state index contributed by atoms with van der Waals surface area (Å²) in [6.45, 7) is 2.77. The van der Waals surface area contributed by atoms with Gasteiger partial charge in [0.25, 0.3) is 5.91 Å². The van der Waals surface area contributed by atoms with Gasteiger partial charge in [-0.2, -0.15) is 0 Å². The molecule has 2 aromatic rings. The number of hydrogen-bond acceptors (Lipinski definition) is 4. The topological polar surface area (TPSA) is 66.3 Å². The fraction of sp³-hybridized carbons (Fsp3) is 0.400. The van der Waals surface area contributed by atoms with E-state index < -0.39 is 5.60 Å². The number of carbonyl (C=O) groups is 1. The summed E-state index contributed by atoms with van der Waals surface area (Å²) in [5.74, 6) is -0.164. The van der Waals surface area contributed by atoms with Gasteiger partial charge in [0.05, 0.1) is 22.8 Å². The van der Waals surface area contributed by atoms with Crippen LogP contribution in [0.25, 0.3) is 11.0 Å². The van der Waals surface area contributed by atoms with Crippen LogP contribution in [0.15, 0.2) is 30.5 Å². The lowest BCUT2D eigenvalue weighted by Crippen LogP contribution is -2.48. The summed E-state index contributed by atoms with van der Waals surface area (Å²) in [6, 6.07) is 7.46. The van der Waals surface area contributed by atoms with E-state index in [0.717, 1.165) is 18.4 Å². The molecular formula is C15H17N3O2. The number of nitrogens with zero attached hydrogens (tertiary/aromatic N) is 3. The van der Waals surface area contributed by atoms with Gasteiger partial charge in [-0.3, -0.25) is 9.78 Å². The number of fused-ring (bicyclic) bond motifs is 1. The average molecular weight is 271 g/mol. The van der Waals surface area contributed by atoms with Crippen molar-refractivity contribution in [2.75, 3.05) is 13.1 Å². The van der Waals surface area contributed by atoms with Crippen LogP contribution in [0.3, 0.4) is 0 Å². The molecule has 1 saturated heterocycles. The highest BCUT2D eigenvalue weighted by molar-refractivity contribution is 5.93. The molecule has 104 valence electrons. The second-order valence-corrected chi connectivity index (χ2v) is 5.57. The highest BCUT2D eigenvalue weighted by Gasteiger charge is 2.31. The number of rotatable bonds is 1. The van der Waals surface area contributed by atoms with Gasteiger partial charge in [0.15, 0.2) is 0 Å². The zero-order valence-corrected chi connectivity index (χ0v) is 11.4. The van der Waals surface area contributed by atoms with Gasteiger partial charge >= 0.3 is 0 Å². The van der Waals surface area contributed by atoms with Gasteiger partial charge in [-0.15, -0.1) is 0 Å². The standard InChI is InChI=1S/C15H17N3O2/c1-15(20)7-4-8-18(10-15)14(19)13-9-16-11-5-2-3-6-12(11)17-13/h2-3,5-6,9,20H,4,7-8,10H2,1H3. The summed E-state index contributed by atoms with van der Waals surface area (Å²) < 4.78 is 0. The summed E-state index contributed by atoms with van der Waals surface area (Å²) in [7, 11) is 0. The second-order valence-electron chi connectivity index (χ2n) is 5.57. The Balaban J connectivity index is 1.88. The smallest absolute Gasteiger partial charge is 0.274 e. The van der Waals surface area contributed by atoms with Crippen LogP contribution in [0.1, 0.15) is 30.3 Å². The molecule has 1 atom stereocenters. The molecule has 1 aromatic heterocycles. The number of para-hydroxylation sites is 2. The first-order valence-corrected chi connectivity index (χ1v) is 6.79. The lowest BCUT2D eigenvalue weighted by atomic mass is 9.95. The maximum Gasteiger partial charge on any atom is 0.274 e. The monoisotopic (exact) mass is 271 g/mol. The van der Waals surface area contributed by atoms with Crippen molar-refractivity contribution < 1.29 is 9.90 Å². The van der Waals surface area contributed by atoms with E-state index in [1.807, 2.05) is 24.3 Å². The second kappa shape index (κ2) is 4.83. The Morgan fingerprint density at radius 2 is 2.10 bits per heavy atom. The van der Waals surface area contributed by atoms with E-state index in [1.54, 1.807) is 11.8 Å². The number of piperidine rings is 1. The van der Waals surface area contributed by atoms with E-state index in [2.05, 4.69) is 9.97 Å². The number of likely N-dealkylation sites (tertiary alicyclic amines) is 1. The maximum absolute atomic E-state index is 12.4. The van der Waals surface area contributed by atoms with Crippen molar-refractivity contribution in [2.24, 2.45) is 0 Å². The predicted molar refractivity (Wildman–Crippen MR) is 75.3 cm³/mol. The fourth-order valence-electron chi connectivity index (χ4n) is 2.62. The van der Waals surface area contributed by atoms with E-state index in [1.165, 1.54) is 6.20 Å². The zero-order valence-electron chi connectivity index (χ0n) is 11.4. The van der Waals surface area contributed by atoms with E-state index in [-0.39, 0.29) is 5.91 Å². The summed E-state index contributed by atoms with van der Waals surface area (Å²) in [5.41, 5.74) is 1.01. The molecule has 1 unspecified atom stereocenters. The summed E-state index contributed by atoms with van der Waals surface area (Å²) >= 11 is 0. The van der Waals surface area contributed by atoms with Gasteiger partial charge in [-0.25, -0.2) is 4.98 Å². The predicted octanol–water partition coefficient (Wildman–Crippen LogP) is 1.62. The molecule has 3 rings (SSSR count). The number of benzene rings is 1. The highest BCUT2D eigenvalue weighted by Crippen LogP contribution is 2.21. The Bertz CT molecular complexity index is 654. The zero-order chi connectivity index (χ0) is 14.2. The third-order valence-corrected chi connectivity index (χ3v) is 3.63. The van der Waals surface area contributed by atoms with Gasteiger partial charge in [0, 0.05) is 13.1 Å². The minimum Gasteiger partial charge on any atom is -0.388 e. The van der Waals surface area contributed by atoms with Crippen molar-refractivity contribution >= 4 is 16.9 Å². The molecule has 2 heterocycles. The van der Waals surface area contributed by atoms with Crippen LogP contribution in [-0.2, 0) is 0 Å². The molecule has 1 aliphatic heterocycles. The van der Waals surface area contributed by atoms with Gasteiger partial charge in [0.1, 0.15) is 5.69 Å². The van der Waals surface area contributed by atoms with Gasteiger partial charge < -0.3 is 10.0 Å². The molecule has 0 spiro atoms. The molecule has 0 saturated carbocycles. The molecule has 1 amide bonds. The fourth-order valence-corrected chi connectivity index (χ4v) is 2.62. The van der Waals surface area contributed by atoms with Gasteiger partial charge in [-0.1, -0.05) is 12.1 Å². The molecule has 0 aliphatic carbocycles. The van der Waals surface area contributed by atoms with E-state index in [4.69, 9.17) is 0 Å². The molecule has 0 bridgehead atoms. The molecule has 1 aromatic carbocycles. The quantitative estimate of drug-likeness (QED) is 0.856. The van der Waals surface area contributed by atoms with Gasteiger partial charge in [-0.05, 0) is 31.9 Å². The number of carbonyl (C=O) groups excluding carboxylic acids is 1. The van der Waals surface area contributed by atoms with Crippen molar-refractivity contribution in [3.63, 3.8) is 0 Å². The van der Waals surface area contributed by atoms with Crippen molar-refractivity contribution in [3.05, 3.63) is 36.2 Å². The number of amides is 1. The van der Waals surface area contributed by atoms with E-state index in [0.29, 0.717) is 24.3 Å². The Kier molecular flexibility index (Phi) is 3.14. The minimum atomic E-state index is -0.807. The van der Waals surface area contributed by atoms with Gasteiger partial charge in [0.2, 0.25) is 0 Å². The molecular weight excluding hydrogens is 254 g/mol. The molecule has 1 fully saturated rings. The number of hydrogen-bond donors (Lipinski definition) is 1. The van der Waals surface area contributed by atoms with Crippen LogP contribution in [0, 0.1) is 0 Å². The van der Waals surface area contributed by atoms with Crippen molar-refractivity contribution in [1.29, 1.82) is 0 Å². The lowest BCUT2D eigenvalue weighted by molar-refractivity contribution is -0.0109. The highest BCUT2D eigenvalue weighted by atomic mass is 16.3. The normalized spacial score (nSPS) is 23.0. The molecule has 20 heavy (non-hydrogen) atoms. The SMILES string of the molecule is CC1(O)CCCN(C(=O)c2cnc3ccccc3n2)C1. The molecule has 1 N–H and O–H groups in total. The number of aliphatic hydroxyl groups is 1. The number of β-amino-alcohol motifs (C(OH)–C–C–N with tert-alkyl or cyclic N) is 1. The number of aromatic nitrogens is 2. The summed E-state index contributed by atoms with van der Waals surface area (Å²) in [4.78, 5) is 22.7. The van der Waals surface area contributed by atoms with Crippen LogP contribution >= 0.6 is 0 Å². The van der Waals surface area contributed by atoms with E-state index >= 15 is 0 Å². The molecule has 1 aliphatic rings. The first-order valence-electron chi connectivity index (χ1n) is 6.79. The van der Waals surface area contributed by atoms with Crippen LogP contribution in [0.2, 0.25) is 0 Å². The average Bonchev–Trinajstić information content (AvgIpc) is 2.45. The molecule has 5 nitrogen and oxygen atoms in total. The largest absolute Gasteiger partial charge is 0.388 e. The van der Waals surface area contributed by atoms with Crippen molar-refractivity contribution in [3.8, 4) is 0 Å². The first kappa shape index (κ1) is 13.0. The van der Waals surface area contributed by atoms with Crippen LogP contribution in [0.4, 0.5) is 0 Å². The maximum atomic E-state index is 12.4. The van der Waals surface area contributed by atoms with Crippen molar-refractivity contribution in [2.45, 2.75) is 25.4 Å². The summed E-state index contributed by atoms with van der Waals surface area (Å²) in [5, 5.41) is 10.1. The Hall–Kier alpha value is -2.01. The Morgan fingerprint density at radius 3 is 2.85 bits per heavy atom. The van der Waals surface area contributed by atoms with E-state index in [9.17, 15) is 9.90 Å². The first-order chi connectivity index (χ1) is 9.55. The Labute approximate surface area is 117 Å². The molecule has 0 radical (unpaired) electrons. The molecule has 5 heteroatoms.